The molecule has 0 aliphatic heterocycles. The van der Waals surface area contributed by atoms with Crippen molar-refractivity contribution in [1.82, 2.24) is 9.88 Å². The molecule has 4 heteroatoms. The van der Waals surface area contributed by atoms with Crippen LogP contribution >= 0.6 is 0 Å². The van der Waals surface area contributed by atoms with Crippen LogP contribution < -0.4 is 5.32 Å². The lowest BCUT2D eigenvalue weighted by molar-refractivity contribution is -0.121. The smallest absolute Gasteiger partial charge is 0.240 e. The molecule has 1 heterocycles. The zero-order chi connectivity index (χ0) is 12.3. The predicted molar refractivity (Wildman–Crippen MR) is 63.7 cm³/mol. The summed E-state index contributed by atoms with van der Waals surface area (Å²) in [6.45, 7) is 0.392. The van der Waals surface area contributed by atoms with Crippen LogP contribution in [0.3, 0.4) is 0 Å². The molecule has 0 aliphatic rings. The van der Waals surface area contributed by atoms with E-state index in [0.29, 0.717) is 0 Å². The number of carbonyl (C=O) groups is 1. The molecule has 3 nitrogen and oxygen atoms in total. The number of aromatic nitrogens is 1. The summed E-state index contributed by atoms with van der Waals surface area (Å²) in [5.74, 6) is 1.88. The Labute approximate surface area is 98.2 Å². The van der Waals surface area contributed by atoms with Crippen molar-refractivity contribution in [1.29, 1.82) is 0 Å². The fourth-order valence-electron chi connectivity index (χ4n) is 1.67. The highest BCUT2D eigenvalue weighted by Gasteiger charge is 2.05. The number of hydrogen-bond donors (Lipinski definition) is 1. The summed E-state index contributed by atoms with van der Waals surface area (Å²) in [6, 6.07) is 6.23. The van der Waals surface area contributed by atoms with Gasteiger partial charge in [0, 0.05) is 17.1 Å². The third-order valence-corrected chi connectivity index (χ3v) is 2.43. The van der Waals surface area contributed by atoms with Crippen LogP contribution in [0.25, 0.3) is 10.9 Å². The van der Waals surface area contributed by atoms with Crippen LogP contribution in [0.1, 0.15) is 0 Å². The van der Waals surface area contributed by atoms with E-state index in [9.17, 15) is 9.18 Å². The molecule has 1 amide bonds. The molecule has 0 bridgehead atoms. The molecule has 0 saturated carbocycles. The predicted octanol–water partition coefficient (Wildman–Crippen LogP) is 1.53. The van der Waals surface area contributed by atoms with E-state index in [1.807, 2.05) is 0 Å². The minimum atomic E-state index is -0.285. The average molecular weight is 230 g/mol. The second kappa shape index (κ2) is 4.71. The monoisotopic (exact) mass is 230 g/mol. The molecule has 2 rings (SSSR count). The fourth-order valence-corrected chi connectivity index (χ4v) is 1.67. The van der Waals surface area contributed by atoms with Gasteiger partial charge in [0.25, 0.3) is 0 Å². The lowest BCUT2D eigenvalue weighted by atomic mass is 10.2. The van der Waals surface area contributed by atoms with Crippen molar-refractivity contribution >= 4 is 16.8 Å². The van der Waals surface area contributed by atoms with E-state index in [4.69, 9.17) is 6.42 Å². The number of fused-ring (bicyclic) bond motifs is 1. The van der Waals surface area contributed by atoms with Gasteiger partial charge in [-0.15, -0.1) is 6.42 Å². The third kappa shape index (κ3) is 2.45. The lowest BCUT2D eigenvalue weighted by Crippen LogP contribution is -2.27. The Kier molecular flexibility index (Phi) is 3.10. The Bertz CT molecular complexity index is 595. The van der Waals surface area contributed by atoms with Gasteiger partial charge in [-0.05, 0) is 24.3 Å². The summed E-state index contributed by atoms with van der Waals surface area (Å²) in [6.07, 6.45) is 6.79. The van der Waals surface area contributed by atoms with E-state index in [-0.39, 0.29) is 24.8 Å². The summed E-state index contributed by atoms with van der Waals surface area (Å²) < 4.78 is 14.7. The van der Waals surface area contributed by atoms with Gasteiger partial charge in [0.05, 0.1) is 6.54 Å². The molecular formula is C13H11FN2O. The lowest BCUT2D eigenvalue weighted by Gasteiger charge is -2.05. The quantitative estimate of drug-likeness (QED) is 0.797. The van der Waals surface area contributed by atoms with Gasteiger partial charge in [0.15, 0.2) is 0 Å². The van der Waals surface area contributed by atoms with Gasteiger partial charge in [-0.2, -0.15) is 0 Å². The van der Waals surface area contributed by atoms with E-state index < -0.39 is 0 Å². The van der Waals surface area contributed by atoms with Crippen LogP contribution in [-0.2, 0) is 11.3 Å². The molecule has 0 spiro atoms. The van der Waals surface area contributed by atoms with Crippen LogP contribution in [0.2, 0.25) is 0 Å². The van der Waals surface area contributed by atoms with Crippen molar-refractivity contribution in [3.05, 3.63) is 36.3 Å². The first-order valence-corrected chi connectivity index (χ1v) is 5.15. The van der Waals surface area contributed by atoms with Gasteiger partial charge < -0.3 is 9.88 Å². The number of benzene rings is 1. The average Bonchev–Trinajstić information content (AvgIpc) is 2.69. The molecular weight excluding hydrogens is 219 g/mol. The van der Waals surface area contributed by atoms with E-state index in [0.717, 1.165) is 10.9 Å². The molecule has 0 saturated heterocycles. The van der Waals surface area contributed by atoms with E-state index in [1.54, 1.807) is 22.9 Å². The van der Waals surface area contributed by atoms with Crippen LogP contribution in [0.5, 0.6) is 0 Å². The normalized spacial score (nSPS) is 10.1. The second-order valence-corrected chi connectivity index (χ2v) is 3.63. The van der Waals surface area contributed by atoms with Crippen molar-refractivity contribution in [2.45, 2.75) is 6.54 Å². The maximum Gasteiger partial charge on any atom is 0.240 e. The number of amides is 1. The number of halogens is 1. The van der Waals surface area contributed by atoms with E-state index >= 15 is 0 Å². The number of terminal acetylenes is 1. The van der Waals surface area contributed by atoms with Crippen LogP contribution in [-0.4, -0.2) is 17.0 Å². The van der Waals surface area contributed by atoms with Crippen LogP contribution in [0.15, 0.2) is 30.5 Å². The Hall–Kier alpha value is -2.28. The van der Waals surface area contributed by atoms with E-state index in [2.05, 4.69) is 11.2 Å². The zero-order valence-electron chi connectivity index (χ0n) is 9.11. The zero-order valence-corrected chi connectivity index (χ0v) is 9.11. The van der Waals surface area contributed by atoms with Gasteiger partial charge in [-0.1, -0.05) is 5.92 Å². The summed E-state index contributed by atoms with van der Waals surface area (Å²) in [5, 5.41) is 3.35. The van der Waals surface area contributed by atoms with E-state index in [1.165, 1.54) is 12.1 Å². The molecule has 1 aromatic heterocycles. The molecule has 0 radical (unpaired) electrons. The Morgan fingerprint density at radius 2 is 2.29 bits per heavy atom. The Morgan fingerprint density at radius 3 is 3.06 bits per heavy atom. The second-order valence-electron chi connectivity index (χ2n) is 3.63. The number of nitrogens with one attached hydrogen (secondary N) is 1. The van der Waals surface area contributed by atoms with Gasteiger partial charge in [0.1, 0.15) is 12.4 Å². The highest BCUT2D eigenvalue weighted by Crippen LogP contribution is 2.16. The summed E-state index contributed by atoms with van der Waals surface area (Å²) in [4.78, 5) is 11.5. The van der Waals surface area contributed by atoms with Crippen molar-refractivity contribution in [3.63, 3.8) is 0 Å². The molecule has 86 valence electrons. The van der Waals surface area contributed by atoms with Crippen molar-refractivity contribution in [3.8, 4) is 12.3 Å². The fraction of sp³-hybridized carbons (Fsp3) is 0.154. The first-order valence-electron chi connectivity index (χ1n) is 5.15. The minimum Gasteiger partial charge on any atom is -0.344 e. The van der Waals surface area contributed by atoms with Crippen LogP contribution in [0.4, 0.5) is 4.39 Å². The molecule has 0 atom stereocenters. The Balaban J connectivity index is 2.20. The standard InChI is InChI=1S/C13H11FN2O/c1-2-6-15-13(17)9-16-7-5-10-8-11(14)3-4-12(10)16/h1,3-5,7-8H,6,9H2,(H,15,17). The summed E-state index contributed by atoms with van der Waals surface area (Å²) >= 11 is 0. The number of hydrogen-bond acceptors (Lipinski definition) is 1. The molecule has 0 aliphatic carbocycles. The van der Waals surface area contributed by atoms with Gasteiger partial charge in [0.2, 0.25) is 5.91 Å². The number of rotatable bonds is 3. The van der Waals surface area contributed by atoms with Crippen molar-refractivity contribution < 1.29 is 9.18 Å². The highest BCUT2D eigenvalue weighted by molar-refractivity contribution is 5.83. The SMILES string of the molecule is C#CCNC(=O)Cn1ccc2cc(F)ccc21. The topological polar surface area (TPSA) is 34.0 Å². The summed E-state index contributed by atoms with van der Waals surface area (Å²) in [5.41, 5.74) is 0.822. The maximum absolute atomic E-state index is 13.0. The third-order valence-electron chi connectivity index (χ3n) is 2.43. The molecule has 17 heavy (non-hydrogen) atoms. The van der Waals surface area contributed by atoms with Gasteiger partial charge in [-0.3, -0.25) is 4.79 Å². The first kappa shape index (κ1) is 11.2. The van der Waals surface area contributed by atoms with Gasteiger partial charge in [-0.25, -0.2) is 4.39 Å². The van der Waals surface area contributed by atoms with Crippen LogP contribution in [0, 0.1) is 18.2 Å². The first-order chi connectivity index (χ1) is 8.20. The molecule has 2 aromatic rings. The minimum absolute atomic E-state index is 0.162. The van der Waals surface area contributed by atoms with Crippen molar-refractivity contribution in [2.75, 3.05) is 6.54 Å². The molecule has 1 N–H and O–H groups in total. The maximum atomic E-state index is 13.0. The molecule has 1 aromatic carbocycles. The summed E-state index contributed by atoms with van der Waals surface area (Å²) in [7, 11) is 0. The molecule has 0 unspecified atom stereocenters. The van der Waals surface area contributed by atoms with Crippen molar-refractivity contribution in [2.24, 2.45) is 0 Å². The Morgan fingerprint density at radius 1 is 1.47 bits per heavy atom. The van der Waals surface area contributed by atoms with Gasteiger partial charge >= 0.3 is 0 Å². The largest absolute Gasteiger partial charge is 0.344 e. The highest BCUT2D eigenvalue weighted by atomic mass is 19.1. The molecule has 0 fully saturated rings. The number of nitrogens with zero attached hydrogens (tertiary/aromatic N) is 1. The number of carbonyl (C=O) groups excluding carboxylic acids is 1.